The number of fused-ring (bicyclic) bond motifs is 1. The summed E-state index contributed by atoms with van der Waals surface area (Å²) >= 11 is 0. The number of ether oxygens (including phenoxy) is 1. The number of hydrogen-bond acceptors (Lipinski definition) is 9. The molecular weight excluding hydrogens is 350 g/mol. The first-order valence-electron chi connectivity index (χ1n) is 7.92. The number of anilines is 3. The predicted octanol–water partition coefficient (Wildman–Crippen LogP) is 1.63. The molecule has 0 bridgehead atoms. The predicted molar refractivity (Wildman–Crippen MR) is 96.5 cm³/mol. The Morgan fingerprint density at radius 2 is 2.00 bits per heavy atom. The molecular formula is C16H15N9O2. The number of hydrogen-bond donors (Lipinski definition) is 2. The molecule has 0 fully saturated rings. The van der Waals surface area contributed by atoms with E-state index in [9.17, 15) is 4.79 Å². The van der Waals surface area contributed by atoms with Crippen LogP contribution in [0.5, 0.6) is 0 Å². The van der Waals surface area contributed by atoms with Crippen molar-refractivity contribution in [2.75, 3.05) is 18.2 Å². The SMILES string of the molecule is COC(=O)n1ccc(Nc2nc3ccccn3c2-c2nc(C)nc(N)n2)n1. The van der Waals surface area contributed by atoms with Crippen LogP contribution in [0.3, 0.4) is 0 Å². The number of nitrogen functional groups attached to an aromatic ring is 1. The quantitative estimate of drug-likeness (QED) is 0.554. The van der Waals surface area contributed by atoms with Gasteiger partial charge in [0, 0.05) is 18.5 Å². The van der Waals surface area contributed by atoms with Crippen molar-refractivity contribution >= 4 is 29.3 Å². The highest BCUT2D eigenvalue weighted by Gasteiger charge is 2.19. The van der Waals surface area contributed by atoms with Crippen molar-refractivity contribution in [1.29, 1.82) is 0 Å². The summed E-state index contributed by atoms with van der Waals surface area (Å²) < 4.78 is 7.54. The van der Waals surface area contributed by atoms with Gasteiger partial charge in [0.25, 0.3) is 0 Å². The minimum atomic E-state index is -0.598. The van der Waals surface area contributed by atoms with E-state index < -0.39 is 6.09 Å². The van der Waals surface area contributed by atoms with E-state index >= 15 is 0 Å². The number of aromatic nitrogens is 7. The number of rotatable bonds is 3. The van der Waals surface area contributed by atoms with Gasteiger partial charge >= 0.3 is 6.09 Å². The summed E-state index contributed by atoms with van der Waals surface area (Å²) in [5, 5.41) is 7.21. The third kappa shape index (κ3) is 3.01. The summed E-state index contributed by atoms with van der Waals surface area (Å²) in [6.45, 7) is 1.73. The van der Waals surface area contributed by atoms with Crippen LogP contribution in [0.15, 0.2) is 36.7 Å². The fourth-order valence-corrected chi connectivity index (χ4v) is 2.61. The highest BCUT2D eigenvalue weighted by atomic mass is 16.5. The molecule has 11 nitrogen and oxygen atoms in total. The van der Waals surface area contributed by atoms with Crippen molar-refractivity contribution in [2.45, 2.75) is 6.92 Å². The molecule has 11 heteroatoms. The second kappa shape index (κ2) is 6.37. The number of methoxy groups -OCH3 is 1. The normalized spacial score (nSPS) is 10.9. The molecule has 0 aliphatic carbocycles. The Bertz CT molecular complexity index is 1130. The minimum Gasteiger partial charge on any atom is -0.451 e. The van der Waals surface area contributed by atoms with Crippen LogP contribution in [0.4, 0.5) is 22.4 Å². The summed E-state index contributed by atoms with van der Waals surface area (Å²) in [5.41, 5.74) is 7.06. The van der Waals surface area contributed by atoms with Gasteiger partial charge in [-0.1, -0.05) is 6.07 Å². The smallest absolute Gasteiger partial charge is 0.434 e. The van der Waals surface area contributed by atoms with Crippen LogP contribution in [0, 0.1) is 6.92 Å². The lowest BCUT2D eigenvalue weighted by molar-refractivity contribution is 0.169. The number of nitrogens with two attached hydrogens (primary N) is 1. The number of pyridine rings is 1. The zero-order valence-corrected chi connectivity index (χ0v) is 14.5. The van der Waals surface area contributed by atoms with Gasteiger partial charge in [-0.3, -0.25) is 4.40 Å². The first-order valence-corrected chi connectivity index (χ1v) is 7.92. The second-order valence-electron chi connectivity index (χ2n) is 5.54. The van der Waals surface area contributed by atoms with E-state index in [1.807, 2.05) is 28.8 Å². The molecule has 136 valence electrons. The molecule has 0 aliphatic rings. The van der Waals surface area contributed by atoms with E-state index in [1.165, 1.54) is 13.3 Å². The Balaban J connectivity index is 1.83. The number of nitrogens with zero attached hydrogens (tertiary/aromatic N) is 7. The van der Waals surface area contributed by atoms with Crippen molar-refractivity contribution < 1.29 is 9.53 Å². The Kier molecular flexibility index (Phi) is 3.88. The first kappa shape index (κ1) is 16.4. The number of nitrogens with one attached hydrogen (secondary N) is 1. The molecule has 4 heterocycles. The average Bonchev–Trinajstić information content (AvgIpc) is 3.24. The van der Waals surface area contributed by atoms with Crippen molar-refractivity contribution in [3.63, 3.8) is 0 Å². The van der Waals surface area contributed by atoms with E-state index in [1.54, 1.807) is 13.0 Å². The van der Waals surface area contributed by atoms with Crippen molar-refractivity contribution in [3.8, 4) is 11.5 Å². The number of carbonyl (C=O) groups is 1. The maximum atomic E-state index is 11.6. The fourth-order valence-electron chi connectivity index (χ4n) is 2.61. The molecule has 0 amide bonds. The van der Waals surface area contributed by atoms with Crippen LogP contribution in [0.25, 0.3) is 17.2 Å². The molecule has 0 saturated carbocycles. The van der Waals surface area contributed by atoms with Gasteiger partial charge in [-0.15, -0.1) is 5.10 Å². The lowest BCUT2D eigenvalue weighted by atomic mass is 10.3. The summed E-state index contributed by atoms with van der Waals surface area (Å²) in [7, 11) is 1.28. The molecule has 27 heavy (non-hydrogen) atoms. The van der Waals surface area contributed by atoms with Gasteiger partial charge in [-0.05, 0) is 19.1 Å². The van der Waals surface area contributed by atoms with E-state index in [0.717, 1.165) is 4.68 Å². The topological polar surface area (TPSA) is 138 Å². The van der Waals surface area contributed by atoms with Gasteiger partial charge in [0.15, 0.2) is 17.5 Å². The Hall–Kier alpha value is -4.02. The van der Waals surface area contributed by atoms with Crippen molar-refractivity contribution in [1.82, 2.24) is 34.1 Å². The summed E-state index contributed by atoms with van der Waals surface area (Å²) in [5.74, 6) is 1.84. The van der Waals surface area contributed by atoms with Gasteiger partial charge in [-0.2, -0.15) is 14.6 Å². The van der Waals surface area contributed by atoms with Crippen molar-refractivity contribution in [3.05, 3.63) is 42.5 Å². The van der Waals surface area contributed by atoms with Crippen LogP contribution in [0.2, 0.25) is 0 Å². The van der Waals surface area contributed by atoms with E-state index in [0.29, 0.717) is 34.6 Å². The number of carbonyl (C=O) groups excluding carboxylic acids is 1. The fraction of sp³-hybridized carbons (Fsp3) is 0.125. The van der Waals surface area contributed by atoms with Gasteiger partial charge in [0.05, 0.1) is 7.11 Å². The summed E-state index contributed by atoms with van der Waals surface area (Å²) in [6, 6.07) is 7.21. The van der Waals surface area contributed by atoms with E-state index in [-0.39, 0.29) is 5.95 Å². The highest BCUT2D eigenvalue weighted by Crippen LogP contribution is 2.28. The van der Waals surface area contributed by atoms with Crippen LogP contribution in [-0.2, 0) is 4.74 Å². The molecule has 0 atom stereocenters. The molecule has 3 N–H and O–H groups in total. The molecule has 4 rings (SSSR count). The van der Waals surface area contributed by atoms with Gasteiger partial charge in [0.2, 0.25) is 5.95 Å². The molecule has 0 spiro atoms. The zero-order chi connectivity index (χ0) is 19.0. The Morgan fingerprint density at radius 3 is 2.78 bits per heavy atom. The average molecular weight is 365 g/mol. The minimum absolute atomic E-state index is 0.115. The van der Waals surface area contributed by atoms with Crippen LogP contribution in [0.1, 0.15) is 5.82 Å². The molecule has 4 aromatic rings. The van der Waals surface area contributed by atoms with E-state index in [2.05, 4.69) is 35.1 Å². The molecule has 0 unspecified atom stereocenters. The highest BCUT2D eigenvalue weighted by molar-refractivity contribution is 5.76. The second-order valence-corrected chi connectivity index (χ2v) is 5.54. The number of imidazole rings is 1. The molecule has 4 aromatic heterocycles. The maximum absolute atomic E-state index is 11.6. The van der Waals surface area contributed by atoms with Crippen LogP contribution < -0.4 is 11.1 Å². The molecule has 0 aliphatic heterocycles. The first-order chi connectivity index (χ1) is 13.0. The monoisotopic (exact) mass is 365 g/mol. The third-order valence-corrected chi connectivity index (χ3v) is 3.70. The molecule has 0 radical (unpaired) electrons. The third-order valence-electron chi connectivity index (χ3n) is 3.70. The van der Waals surface area contributed by atoms with Crippen LogP contribution in [-0.4, -0.2) is 47.3 Å². The standard InChI is InChI=1S/C16H15N9O2/c1-9-18-13(22-15(17)19-9)12-14(21-11-5-3-4-7-24(11)12)20-10-6-8-25(23-10)16(26)27-2/h3-8H,1-2H3,(H,20,23)(H2,17,18,19,22). The van der Waals surface area contributed by atoms with Gasteiger partial charge < -0.3 is 15.8 Å². The molecule has 0 aromatic carbocycles. The molecule has 0 saturated heterocycles. The lowest BCUT2D eigenvalue weighted by Gasteiger charge is -2.06. The van der Waals surface area contributed by atoms with Gasteiger partial charge in [0.1, 0.15) is 17.2 Å². The van der Waals surface area contributed by atoms with Crippen LogP contribution >= 0.6 is 0 Å². The number of aryl methyl sites for hydroxylation is 1. The summed E-state index contributed by atoms with van der Waals surface area (Å²) in [6.07, 6.45) is 2.72. The largest absolute Gasteiger partial charge is 0.451 e. The van der Waals surface area contributed by atoms with E-state index in [4.69, 9.17) is 5.73 Å². The lowest BCUT2D eigenvalue weighted by Crippen LogP contribution is -2.12. The van der Waals surface area contributed by atoms with Gasteiger partial charge in [-0.25, -0.2) is 14.8 Å². The Labute approximate surface area is 152 Å². The zero-order valence-electron chi connectivity index (χ0n) is 14.5. The summed E-state index contributed by atoms with van der Waals surface area (Å²) in [4.78, 5) is 28.7. The maximum Gasteiger partial charge on any atom is 0.434 e. The van der Waals surface area contributed by atoms with Crippen molar-refractivity contribution in [2.24, 2.45) is 0 Å². The Morgan fingerprint density at radius 1 is 1.15 bits per heavy atom.